The molecule has 2 heterocycles. The van der Waals surface area contributed by atoms with E-state index in [1.54, 1.807) is 0 Å². The first-order chi connectivity index (χ1) is 14.0. The summed E-state index contributed by atoms with van der Waals surface area (Å²) in [5.74, 6) is -0.118. The standard InChI is InChI=1S/C23H28N4O2/c1-15-9-11-19(12-10-15)27-17(3)16(2)21-22(27)24-14-26(23(21)29)13-20(28)25-18-7-5-4-6-8-18/h9-12,14,18H,4-8,13H2,1-3H3,(H,25,28). The summed E-state index contributed by atoms with van der Waals surface area (Å²) in [6.45, 7) is 5.99. The average Bonchev–Trinajstić information content (AvgIpc) is 2.97. The highest BCUT2D eigenvalue weighted by Gasteiger charge is 2.20. The molecule has 3 aromatic rings. The molecule has 152 valence electrons. The monoisotopic (exact) mass is 392 g/mol. The minimum Gasteiger partial charge on any atom is -0.352 e. The van der Waals surface area contributed by atoms with Crippen molar-refractivity contribution in [3.8, 4) is 5.69 Å². The molecule has 0 atom stereocenters. The Morgan fingerprint density at radius 3 is 2.48 bits per heavy atom. The van der Waals surface area contributed by atoms with Gasteiger partial charge in [0.05, 0.1) is 5.39 Å². The van der Waals surface area contributed by atoms with Crippen molar-refractivity contribution in [2.75, 3.05) is 0 Å². The Labute approximate surface area is 170 Å². The molecule has 1 fully saturated rings. The molecule has 0 bridgehead atoms. The van der Waals surface area contributed by atoms with Crippen LogP contribution in [-0.2, 0) is 11.3 Å². The number of benzene rings is 1. The minimum absolute atomic E-state index is 0.00642. The zero-order chi connectivity index (χ0) is 20.5. The van der Waals surface area contributed by atoms with Gasteiger partial charge >= 0.3 is 0 Å². The van der Waals surface area contributed by atoms with E-state index in [1.807, 2.05) is 49.6 Å². The molecule has 0 saturated heterocycles. The molecule has 1 aliphatic rings. The van der Waals surface area contributed by atoms with E-state index >= 15 is 0 Å². The molecule has 0 spiro atoms. The Kier molecular flexibility index (Phi) is 5.26. The SMILES string of the molecule is Cc1ccc(-n2c(C)c(C)c3c(=O)n(CC(=O)NC4CCCCC4)cnc32)cc1. The van der Waals surface area contributed by atoms with Gasteiger partial charge in [-0.2, -0.15) is 0 Å². The molecule has 6 nitrogen and oxygen atoms in total. The van der Waals surface area contributed by atoms with Gasteiger partial charge in [-0.05, 0) is 51.3 Å². The van der Waals surface area contributed by atoms with E-state index in [0.717, 1.165) is 42.6 Å². The fourth-order valence-electron chi connectivity index (χ4n) is 4.28. The Morgan fingerprint density at radius 1 is 1.10 bits per heavy atom. The van der Waals surface area contributed by atoms with E-state index in [9.17, 15) is 9.59 Å². The molecule has 1 N–H and O–H groups in total. The molecule has 4 rings (SSSR count). The first-order valence-electron chi connectivity index (χ1n) is 10.4. The van der Waals surface area contributed by atoms with Crippen LogP contribution in [0.1, 0.15) is 48.9 Å². The number of aromatic nitrogens is 3. The fourth-order valence-corrected chi connectivity index (χ4v) is 4.28. The molecular weight excluding hydrogens is 364 g/mol. The summed E-state index contributed by atoms with van der Waals surface area (Å²) in [4.78, 5) is 30.2. The van der Waals surface area contributed by atoms with Crippen molar-refractivity contribution in [3.63, 3.8) is 0 Å². The third kappa shape index (κ3) is 3.71. The zero-order valence-corrected chi connectivity index (χ0v) is 17.4. The van der Waals surface area contributed by atoms with Gasteiger partial charge in [0.2, 0.25) is 5.91 Å². The topological polar surface area (TPSA) is 68.9 Å². The van der Waals surface area contributed by atoms with Gasteiger partial charge in [-0.1, -0.05) is 37.0 Å². The molecule has 6 heteroatoms. The van der Waals surface area contributed by atoms with Gasteiger partial charge in [0.1, 0.15) is 12.9 Å². The van der Waals surface area contributed by atoms with Crippen LogP contribution in [0.25, 0.3) is 16.7 Å². The third-order valence-corrected chi connectivity index (χ3v) is 6.06. The number of nitrogens with zero attached hydrogens (tertiary/aromatic N) is 3. The van der Waals surface area contributed by atoms with E-state index in [-0.39, 0.29) is 24.1 Å². The predicted octanol–water partition coefficient (Wildman–Crippen LogP) is 3.56. The van der Waals surface area contributed by atoms with Crippen molar-refractivity contribution in [1.82, 2.24) is 19.4 Å². The summed E-state index contributed by atoms with van der Waals surface area (Å²) >= 11 is 0. The van der Waals surface area contributed by atoms with Crippen LogP contribution in [0, 0.1) is 20.8 Å². The van der Waals surface area contributed by atoms with Crippen molar-refractivity contribution in [1.29, 1.82) is 0 Å². The fraction of sp³-hybridized carbons (Fsp3) is 0.435. The zero-order valence-electron chi connectivity index (χ0n) is 17.4. The first kappa shape index (κ1) is 19.4. The largest absolute Gasteiger partial charge is 0.352 e. The van der Waals surface area contributed by atoms with Crippen molar-refractivity contribution in [2.24, 2.45) is 0 Å². The van der Waals surface area contributed by atoms with Gasteiger partial charge < -0.3 is 5.32 Å². The van der Waals surface area contributed by atoms with Crippen LogP contribution in [0.4, 0.5) is 0 Å². The van der Waals surface area contributed by atoms with Crippen LogP contribution in [0.3, 0.4) is 0 Å². The third-order valence-electron chi connectivity index (χ3n) is 6.06. The Morgan fingerprint density at radius 2 is 1.79 bits per heavy atom. The average molecular weight is 393 g/mol. The number of fused-ring (bicyclic) bond motifs is 1. The first-order valence-corrected chi connectivity index (χ1v) is 10.4. The summed E-state index contributed by atoms with van der Waals surface area (Å²) in [7, 11) is 0. The van der Waals surface area contributed by atoms with Gasteiger partial charge in [-0.25, -0.2) is 4.98 Å². The van der Waals surface area contributed by atoms with Crippen molar-refractivity contribution < 1.29 is 4.79 Å². The number of rotatable bonds is 4. The maximum Gasteiger partial charge on any atom is 0.263 e. The highest BCUT2D eigenvalue weighted by molar-refractivity contribution is 5.83. The number of amides is 1. The molecule has 0 aliphatic heterocycles. The maximum absolute atomic E-state index is 13.2. The number of hydrogen-bond donors (Lipinski definition) is 1. The van der Waals surface area contributed by atoms with Crippen LogP contribution in [-0.4, -0.2) is 26.1 Å². The molecular formula is C23H28N4O2. The number of hydrogen-bond acceptors (Lipinski definition) is 3. The molecule has 1 aromatic carbocycles. The van der Waals surface area contributed by atoms with Crippen molar-refractivity contribution in [2.45, 2.75) is 65.5 Å². The van der Waals surface area contributed by atoms with Crippen LogP contribution in [0.5, 0.6) is 0 Å². The molecule has 1 amide bonds. The number of carbonyl (C=O) groups is 1. The van der Waals surface area contributed by atoms with E-state index < -0.39 is 0 Å². The van der Waals surface area contributed by atoms with E-state index in [0.29, 0.717) is 11.0 Å². The van der Waals surface area contributed by atoms with Crippen molar-refractivity contribution in [3.05, 3.63) is 57.8 Å². The van der Waals surface area contributed by atoms with Crippen LogP contribution < -0.4 is 10.9 Å². The molecule has 0 radical (unpaired) electrons. The summed E-state index contributed by atoms with van der Waals surface area (Å²) in [5, 5.41) is 3.65. The lowest BCUT2D eigenvalue weighted by Crippen LogP contribution is -2.39. The Hall–Kier alpha value is -2.89. The molecule has 29 heavy (non-hydrogen) atoms. The quantitative estimate of drug-likeness (QED) is 0.738. The summed E-state index contributed by atoms with van der Waals surface area (Å²) in [5.41, 5.74) is 4.51. The molecule has 2 aromatic heterocycles. The summed E-state index contributed by atoms with van der Waals surface area (Å²) in [6.07, 6.45) is 7.09. The lowest BCUT2D eigenvalue weighted by Gasteiger charge is -2.22. The highest BCUT2D eigenvalue weighted by Crippen LogP contribution is 2.25. The van der Waals surface area contributed by atoms with E-state index in [2.05, 4.69) is 10.3 Å². The molecule has 1 aliphatic carbocycles. The second-order valence-electron chi connectivity index (χ2n) is 8.16. The van der Waals surface area contributed by atoms with Gasteiger partial charge in [0.25, 0.3) is 5.56 Å². The Bertz CT molecular complexity index is 1100. The molecule has 1 saturated carbocycles. The highest BCUT2D eigenvalue weighted by atomic mass is 16.2. The van der Waals surface area contributed by atoms with Gasteiger partial charge in [-0.15, -0.1) is 0 Å². The van der Waals surface area contributed by atoms with E-state index in [1.165, 1.54) is 22.9 Å². The predicted molar refractivity (Wildman–Crippen MR) is 115 cm³/mol. The smallest absolute Gasteiger partial charge is 0.263 e. The number of nitrogens with one attached hydrogen (secondary N) is 1. The number of carbonyl (C=O) groups excluding carboxylic acids is 1. The molecule has 0 unspecified atom stereocenters. The van der Waals surface area contributed by atoms with Gasteiger partial charge in [0.15, 0.2) is 5.65 Å². The summed E-state index contributed by atoms with van der Waals surface area (Å²) < 4.78 is 3.43. The normalized spacial score (nSPS) is 15.0. The number of aryl methyl sites for hydroxylation is 2. The second kappa shape index (κ2) is 7.85. The summed E-state index contributed by atoms with van der Waals surface area (Å²) in [6, 6.07) is 8.40. The second-order valence-corrected chi connectivity index (χ2v) is 8.16. The van der Waals surface area contributed by atoms with E-state index in [4.69, 9.17) is 0 Å². The van der Waals surface area contributed by atoms with Crippen LogP contribution >= 0.6 is 0 Å². The minimum atomic E-state index is -0.166. The Balaban J connectivity index is 1.67. The van der Waals surface area contributed by atoms with Crippen molar-refractivity contribution >= 4 is 16.9 Å². The van der Waals surface area contributed by atoms with Crippen LogP contribution in [0.2, 0.25) is 0 Å². The lowest BCUT2D eigenvalue weighted by atomic mass is 9.95. The van der Waals surface area contributed by atoms with Crippen LogP contribution in [0.15, 0.2) is 35.4 Å². The lowest BCUT2D eigenvalue weighted by molar-refractivity contribution is -0.122. The van der Waals surface area contributed by atoms with Gasteiger partial charge in [-0.3, -0.25) is 18.7 Å². The van der Waals surface area contributed by atoms with Gasteiger partial charge in [0, 0.05) is 17.4 Å². The maximum atomic E-state index is 13.2.